The molecule has 0 aromatic heterocycles. The summed E-state index contributed by atoms with van der Waals surface area (Å²) in [5.74, 6) is 0.312. The first-order valence-electron chi connectivity index (χ1n) is 6.09. The summed E-state index contributed by atoms with van der Waals surface area (Å²) in [6.07, 6.45) is 3.69. The second-order valence-electron chi connectivity index (χ2n) is 5.55. The van der Waals surface area contributed by atoms with Gasteiger partial charge in [0, 0.05) is 12.0 Å². The lowest BCUT2D eigenvalue weighted by Gasteiger charge is -2.35. The van der Waals surface area contributed by atoms with Crippen molar-refractivity contribution in [1.29, 1.82) is 0 Å². The van der Waals surface area contributed by atoms with Crippen molar-refractivity contribution in [3.63, 3.8) is 0 Å². The minimum Gasteiger partial charge on any atom is -0.321 e. The summed E-state index contributed by atoms with van der Waals surface area (Å²) >= 11 is 0. The van der Waals surface area contributed by atoms with Gasteiger partial charge in [0.05, 0.1) is 26.7 Å². The molecule has 2 nitrogen and oxygen atoms in total. The largest absolute Gasteiger partial charge is 0.321 e. The Kier molecular flexibility index (Phi) is 3.16. The topological polar surface area (TPSA) is 17.1 Å². The Hall–Kier alpha value is -1.41. The molecule has 1 unspecified atom stereocenters. The quantitative estimate of drug-likeness (QED) is 0.730. The maximum atomic E-state index is 12.0. The van der Waals surface area contributed by atoms with Gasteiger partial charge in [0.15, 0.2) is 5.78 Å². The fraction of sp³-hybridized carbons (Fsp3) is 0.400. The summed E-state index contributed by atoms with van der Waals surface area (Å²) in [6.45, 7) is 0. The molecule has 1 aliphatic carbocycles. The molecule has 0 aliphatic heterocycles. The number of carbonyl (C=O) groups is 1. The number of hydrogen-bond acceptors (Lipinski definition) is 1. The smallest absolute Gasteiger partial charge is 0.165 e. The monoisotopic (exact) mass is 230 g/mol. The zero-order valence-corrected chi connectivity index (χ0v) is 10.8. The van der Waals surface area contributed by atoms with Crippen LogP contribution in [0, 0.1) is 0 Å². The predicted molar refractivity (Wildman–Crippen MR) is 69.5 cm³/mol. The molecule has 0 spiro atoms. The van der Waals surface area contributed by atoms with Gasteiger partial charge in [-0.2, -0.15) is 0 Å². The van der Waals surface area contributed by atoms with Gasteiger partial charge in [0.1, 0.15) is 6.04 Å². The summed E-state index contributed by atoms with van der Waals surface area (Å²) in [4.78, 5) is 12.0. The first-order chi connectivity index (χ1) is 8.00. The molecule has 2 heteroatoms. The van der Waals surface area contributed by atoms with Gasteiger partial charge in [-0.25, -0.2) is 0 Å². The van der Waals surface area contributed by atoms with E-state index in [9.17, 15) is 4.79 Å². The van der Waals surface area contributed by atoms with E-state index in [-0.39, 0.29) is 6.04 Å². The number of nitrogens with zero attached hydrogens (tertiary/aromatic N) is 1. The van der Waals surface area contributed by atoms with Crippen LogP contribution in [0.4, 0.5) is 0 Å². The summed E-state index contributed by atoms with van der Waals surface area (Å²) in [7, 11) is 6.43. The van der Waals surface area contributed by atoms with Crippen LogP contribution in [0.15, 0.2) is 42.0 Å². The number of benzene rings is 1. The van der Waals surface area contributed by atoms with Gasteiger partial charge in [-0.15, -0.1) is 0 Å². The summed E-state index contributed by atoms with van der Waals surface area (Å²) in [6, 6.07) is 10.5. The van der Waals surface area contributed by atoms with Crippen LogP contribution >= 0.6 is 0 Å². The molecule has 0 bridgehead atoms. The first-order valence-corrected chi connectivity index (χ1v) is 6.09. The number of ketones is 1. The average molecular weight is 230 g/mol. The van der Waals surface area contributed by atoms with E-state index in [0.29, 0.717) is 12.2 Å². The van der Waals surface area contributed by atoms with Crippen LogP contribution in [-0.4, -0.2) is 31.4 Å². The van der Waals surface area contributed by atoms with E-state index < -0.39 is 0 Å². The second kappa shape index (κ2) is 4.46. The molecule has 0 heterocycles. The van der Waals surface area contributed by atoms with Crippen molar-refractivity contribution in [2.75, 3.05) is 21.1 Å². The standard InChI is InChI=1S/C15H20NO/c1-16(2,3)15(12-8-5-4-6-9-12)13-10-7-11-14(13)17/h4-6,8-10,15H,7,11H2,1-3H3/q+1. The fourth-order valence-electron chi connectivity index (χ4n) is 2.56. The summed E-state index contributed by atoms with van der Waals surface area (Å²) in [5.41, 5.74) is 2.21. The van der Waals surface area contributed by atoms with Crippen LogP contribution in [0.3, 0.4) is 0 Å². The van der Waals surface area contributed by atoms with Crippen LogP contribution in [0.1, 0.15) is 24.4 Å². The van der Waals surface area contributed by atoms with E-state index in [1.165, 1.54) is 5.56 Å². The van der Waals surface area contributed by atoms with Crippen molar-refractivity contribution in [2.24, 2.45) is 0 Å². The highest BCUT2D eigenvalue weighted by atomic mass is 16.1. The molecule has 0 amide bonds. The fourth-order valence-corrected chi connectivity index (χ4v) is 2.56. The lowest BCUT2D eigenvalue weighted by molar-refractivity contribution is -0.895. The van der Waals surface area contributed by atoms with E-state index >= 15 is 0 Å². The number of allylic oxidation sites excluding steroid dienone is 1. The van der Waals surface area contributed by atoms with Gasteiger partial charge in [-0.3, -0.25) is 4.79 Å². The third-order valence-corrected chi connectivity index (χ3v) is 3.24. The molecule has 0 saturated carbocycles. The van der Waals surface area contributed by atoms with Crippen LogP contribution in [0.25, 0.3) is 0 Å². The van der Waals surface area contributed by atoms with Crippen molar-refractivity contribution < 1.29 is 9.28 Å². The normalized spacial score (nSPS) is 18.1. The number of likely N-dealkylation sites (N-methyl/N-ethyl adjacent to an activating group) is 1. The molecule has 1 aromatic rings. The second-order valence-corrected chi connectivity index (χ2v) is 5.55. The van der Waals surface area contributed by atoms with Crippen molar-refractivity contribution in [2.45, 2.75) is 18.9 Å². The van der Waals surface area contributed by atoms with Gasteiger partial charge < -0.3 is 4.48 Å². The maximum absolute atomic E-state index is 12.0. The highest BCUT2D eigenvalue weighted by Crippen LogP contribution is 2.34. The van der Waals surface area contributed by atoms with E-state index in [0.717, 1.165) is 16.5 Å². The Morgan fingerprint density at radius 2 is 1.76 bits per heavy atom. The highest BCUT2D eigenvalue weighted by molar-refractivity contribution is 5.98. The van der Waals surface area contributed by atoms with E-state index in [2.05, 4.69) is 39.4 Å². The molecule has 0 fully saturated rings. The highest BCUT2D eigenvalue weighted by Gasteiger charge is 2.34. The molecule has 1 atom stereocenters. The molecule has 0 saturated heterocycles. The Balaban J connectivity index is 2.43. The summed E-state index contributed by atoms with van der Waals surface area (Å²) < 4.78 is 0.752. The third-order valence-electron chi connectivity index (χ3n) is 3.24. The SMILES string of the molecule is C[N+](C)(C)C(C1=CCCC1=O)c1ccccc1. The van der Waals surface area contributed by atoms with Gasteiger partial charge in [-0.05, 0) is 6.42 Å². The van der Waals surface area contributed by atoms with Gasteiger partial charge >= 0.3 is 0 Å². The minimum absolute atomic E-state index is 0.159. The number of carbonyl (C=O) groups excluding carboxylic acids is 1. The Morgan fingerprint density at radius 1 is 1.12 bits per heavy atom. The maximum Gasteiger partial charge on any atom is 0.165 e. The number of quaternary nitrogens is 1. The van der Waals surface area contributed by atoms with Crippen LogP contribution in [-0.2, 0) is 4.79 Å². The Morgan fingerprint density at radius 3 is 2.24 bits per heavy atom. The van der Waals surface area contributed by atoms with Gasteiger partial charge in [0.2, 0.25) is 0 Å². The lowest BCUT2D eigenvalue weighted by Crippen LogP contribution is -2.40. The van der Waals surface area contributed by atoms with Crippen LogP contribution in [0.2, 0.25) is 0 Å². The van der Waals surface area contributed by atoms with Crippen LogP contribution < -0.4 is 0 Å². The predicted octanol–water partition coefficient (Wildman–Crippen LogP) is 2.72. The minimum atomic E-state index is 0.159. The molecule has 17 heavy (non-hydrogen) atoms. The first kappa shape index (κ1) is 12.1. The molecule has 0 N–H and O–H groups in total. The molecular weight excluding hydrogens is 210 g/mol. The zero-order chi connectivity index (χ0) is 12.5. The van der Waals surface area contributed by atoms with Crippen molar-refractivity contribution >= 4 is 5.78 Å². The Bertz CT molecular complexity index is 440. The molecule has 1 aromatic carbocycles. The molecular formula is C15H20NO+. The molecule has 1 aliphatic rings. The van der Waals surface area contributed by atoms with Crippen molar-refractivity contribution in [1.82, 2.24) is 0 Å². The van der Waals surface area contributed by atoms with Gasteiger partial charge in [-0.1, -0.05) is 36.4 Å². The van der Waals surface area contributed by atoms with E-state index in [1.807, 2.05) is 18.2 Å². The average Bonchev–Trinajstić information content (AvgIpc) is 2.65. The molecule has 2 rings (SSSR count). The van der Waals surface area contributed by atoms with Crippen molar-refractivity contribution in [3.8, 4) is 0 Å². The number of hydrogen-bond donors (Lipinski definition) is 0. The van der Waals surface area contributed by atoms with E-state index in [1.54, 1.807) is 0 Å². The van der Waals surface area contributed by atoms with Gasteiger partial charge in [0.25, 0.3) is 0 Å². The Labute approximate surface area is 103 Å². The molecule has 90 valence electrons. The molecule has 0 radical (unpaired) electrons. The lowest BCUT2D eigenvalue weighted by atomic mass is 9.95. The zero-order valence-electron chi connectivity index (χ0n) is 10.8. The number of Topliss-reactive ketones (excluding diaryl/α,β-unsaturated/α-hetero) is 1. The van der Waals surface area contributed by atoms with E-state index in [4.69, 9.17) is 0 Å². The van der Waals surface area contributed by atoms with Crippen LogP contribution in [0.5, 0.6) is 0 Å². The third kappa shape index (κ3) is 2.47. The summed E-state index contributed by atoms with van der Waals surface area (Å²) in [5, 5.41) is 0. The number of rotatable bonds is 3. The van der Waals surface area contributed by atoms with Crippen molar-refractivity contribution in [3.05, 3.63) is 47.5 Å².